The first kappa shape index (κ1) is 25.6. The zero-order valence-corrected chi connectivity index (χ0v) is 20.5. The zero-order valence-electron chi connectivity index (χ0n) is 19.7. The normalized spacial score (nSPS) is 16.2. The van der Waals surface area contributed by atoms with E-state index >= 15 is 0 Å². The standard InChI is InChI=1S/C25H39NO4S/c1-25(2,3)30-24(28)26-17-15-21(16-18-26)9-6-5-8-20-11-13-22(14-12-20)23(27)10-7-19-31(4)29/h11-14,21H,5-10,15-19H2,1-4H3. The molecule has 1 amide bonds. The number of rotatable bonds is 10. The van der Waals surface area contributed by atoms with E-state index in [9.17, 15) is 13.8 Å². The topological polar surface area (TPSA) is 63.7 Å². The lowest BCUT2D eigenvalue weighted by Crippen LogP contribution is -2.41. The number of carbonyl (C=O) groups is 2. The molecule has 0 aromatic heterocycles. The fourth-order valence-corrected chi connectivity index (χ4v) is 4.48. The highest BCUT2D eigenvalue weighted by Crippen LogP contribution is 2.24. The summed E-state index contributed by atoms with van der Waals surface area (Å²) in [7, 11) is -0.832. The summed E-state index contributed by atoms with van der Waals surface area (Å²) in [6.07, 6.45) is 9.31. The number of likely N-dealkylation sites (tertiary alicyclic amines) is 1. The van der Waals surface area contributed by atoms with Gasteiger partial charge in [-0.25, -0.2) is 4.79 Å². The quantitative estimate of drug-likeness (QED) is 0.355. The van der Waals surface area contributed by atoms with Crippen molar-refractivity contribution in [3.63, 3.8) is 0 Å². The van der Waals surface area contributed by atoms with Crippen LogP contribution in [0.25, 0.3) is 0 Å². The van der Waals surface area contributed by atoms with Gasteiger partial charge in [-0.1, -0.05) is 37.1 Å². The molecule has 5 nitrogen and oxygen atoms in total. The van der Waals surface area contributed by atoms with E-state index in [1.165, 1.54) is 18.4 Å². The fourth-order valence-electron chi connectivity index (χ4n) is 3.93. The van der Waals surface area contributed by atoms with Gasteiger partial charge in [-0.05, 0) is 64.4 Å². The monoisotopic (exact) mass is 449 g/mol. The molecule has 0 spiro atoms. The Balaban J connectivity index is 1.62. The van der Waals surface area contributed by atoms with Gasteiger partial charge in [0.15, 0.2) is 5.78 Å². The van der Waals surface area contributed by atoms with E-state index in [2.05, 4.69) is 12.1 Å². The fraction of sp³-hybridized carbons (Fsp3) is 0.680. The van der Waals surface area contributed by atoms with Crippen molar-refractivity contribution in [2.24, 2.45) is 5.92 Å². The number of ether oxygens (including phenoxy) is 1. The van der Waals surface area contributed by atoms with Gasteiger partial charge in [-0.15, -0.1) is 0 Å². The number of ketones is 1. The molecule has 1 fully saturated rings. The summed E-state index contributed by atoms with van der Waals surface area (Å²) in [5.74, 6) is 1.41. The number of nitrogens with zero attached hydrogens (tertiary/aromatic N) is 1. The lowest BCUT2D eigenvalue weighted by atomic mass is 9.91. The Morgan fingerprint density at radius 2 is 1.71 bits per heavy atom. The lowest BCUT2D eigenvalue weighted by Gasteiger charge is -2.33. The number of benzene rings is 1. The van der Waals surface area contributed by atoms with E-state index in [1.54, 1.807) is 6.26 Å². The number of hydrogen-bond donors (Lipinski definition) is 0. The number of piperidine rings is 1. The smallest absolute Gasteiger partial charge is 0.410 e. The predicted octanol–water partition coefficient (Wildman–Crippen LogP) is 5.39. The third-order valence-electron chi connectivity index (χ3n) is 5.71. The SMILES string of the molecule is CS(=O)CCCC(=O)c1ccc(CCCCC2CCN(C(=O)OC(C)(C)C)CC2)cc1. The first-order valence-electron chi connectivity index (χ1n) is 11.5. The van der Waals surface area contributed by atoms with E-state index in [4.69, 9.17) is 4.74 Å². The van der Waals surface area contributed by atoms with Gasteiger partial charge < -0.3 is 9.64 Å². The first-order chi connectivity index (χ1) is 14.6. The molecular formula is C25H39NO4S. The Kier molecular flexibility index (Phi) is 10.2. The van der Waals surface area contributed by atoms with Crippen molar-refractivity contribution in [1.82, 2.24) is 4.90 Å². The van der Waals surface area contributed by atoms with E-state index < -0.39 is 16.4 Å². The highest BCUT2D eigenvalue weighted by Gasteiger charge is 2.26. The maximum Gasteiger partial charge on any atom is 0.410 e. The molecule has 1 heterocycles. The molecule has 0 N–H and O–H groups in total. The second kappa shape index (κ2) is 12.4. The molecule has 6 heteroatoms. The summed E-state index contributed by atoms with van der Waals surface area (Å²) in [6, 6.07) is 7.97. The minimum atomic E-state index is -0.832. The lowest BCUT2D eigenvalue weighted by molar-refractivity contribution is 0.0180. The van der Waals surface area contributed by atoms with Gasteiger partial charge in [-0.2, -0.15) is 0 Å². The first-order valence-corrected chi connectivity index (χ1v) is 13.3. The molecule has 1 aromatic carbocycles. The Bertz CT molecular complexity index is 731. The Morgan fingerprint density at radius 1 is 1.06 bits per heavy atom. The van der Waals surface area contributed by atoms with Crippen LogP contribution >= 0.6 is 0 Å². The van der Waals surface area contributed by atoms with Crippen LogP contribution in [0.15, 0.2) is 24.3 Å². The van der Waals surface area contributed by atoms with Gasteiger partial charge in [0, 0.05) is 47.9 Å². The third kappa shape index (κ3) is 9.98. The van der Waals surface area contributed by atoms with E-state index in [-0.39, 0.29) is 11.9 Å². The van der Waals surface area contributed by atoms with Crippen molar-refractivity contribution in [2.45, 2.75) is 77.7 Å². The molecule has 2 rings (SSSR count). The molecule has 1 aliphatic heterocycles. The summed E-state index contributed by atoms with van der Waals surface area (Å²) in [5, 5.41) is 0. The number of Topliss-reactive ketones (excluding diaryl/α,β-unsaturated/α-hetero) is 1. The minimum absolute atomic E-state index is 0.134. The summed E-state index contributed by atoms with van der Waals surface area (Å²) in [6.45, 7) is 7.30. The Hall–Kier alpha value is -1.69. The molecule has 1 unspecified atom stereocenters. The summed E-state index contributed by atoms with van der Waals surface area (Å²) < 4.78 is 16.6. The van der Waals surface area contributed by atoms with Gasteiger partial charge in [0.1, 0.15) is 5.60 Å². The molecule has 0 radical (unpaired) electrons. The highest BCUT2D eigenvalue weighted by atomic mass is 32.2. The highest BCUT2D eigenvalue weighted by molar-refractivity contribution is 7.84. The van der Waals surface area contributed by atoms with Crippen molar-refractivity contribution in [2.75, 3.05) is 25.1 Å². The van der Waals surface area contributed by atoms with Crippen molar-refractivity contribution in [3.05, 3.63) is 35.4 Å². The summed E-state index contributed by atoms with van der Waals surface area (Å²) >= 11 is 0. The predicted molar refractivity (Wildman–Crippen MR) is 127 cm³/mol. The van der Waals surface area contributed by atoms with Crippen LogP contribution < -0.4 is 0 Å². The van der Waals surface area contributed by atoms with Crippen LogP contribution in [0.5, 0.6) is 0 Å². The van der Waals surface area contributed by atoms with Gasteiger partial charge in [0.25, 0.3) is 0 Å². The zero-order chi connectivity index (χ0) is 22.9. The maximum absolute atomic E-state index is 12.2. The van der Waals surface area contributed by atoms with Crippen LogP contribution in [0, 0.1) is 5.92 Å². The molecule has 1 saturated heterocycles. The number of aryl methyl sites for hydroxylation is 1. The summed E-state index contributed by atoms with van der Waals surface area (Å²) in [5.41, 5.74) is 1.59. The van der Waals surface area contributed by atoms with E-state index in [1.807, 2.05) is 37.8 Å². The van der Waals surface area contributed by atoms with Gasteiger partial charge in [0.2, 0.25) is 0 Å². The van der Waals surface area contributed by atoms with Crippen LogP contribution in [0.3, 0.4) is 0 Å². The van der Waals surface area contributed by atoms with Gasteiger partial charge in [0.05, 0.1) is 0 Å². The minimum Gasteiger partial charge on any atom is -0.444 e. The Labute approximate surface area is 190 Å². The van der Waals surface area contributed by atoms with Crippen LogP contribution in [0.1, 0.15) is 81.6 Å². The van der Waals surface area contributed by atoms with E-state index in [0.717, 1.165) is 44.3 Å². The summed E-state index contributed by atoms with van der Waals surface area (Å²) in [4.78, 5) is 26.2. The number of hydrogen-bond acceptors (Lipinski definition) is 4. The van der Waals surface area contributed by atoms with Gasteiger partial charge >= 0.3 is 6.09 Å². The van der Waals surface area contributed by atoms with Crippen LogP contribution in [0.4, 0.5) is 4.79 Å². The second-order valence-corrected chi connectivity index (χ2v) is 11.2. The average molecular weight is 450 g/mol. The molecule has 31 heavy (non-hydrogen) atoms. The number of carbonyl (C=O) groups excluding carboxylic acids is 2. The largest absolute Gasteiger partial charge is 0.444 e. The van der Waals surface area contributed by atoms with E-state index in [0.29, 0.717) is 24.5 Å². The van der Waals surface area contributed by atoms with Crippen molar-refractivity contribution in [3.8, 4) is 0 Å². The maximum atomic E-state index is 12.2. The third-order valence-corrected chi connectivity index (χ3v) is 6.57. The van der Waals surface area contributed by atoms with Crippen LogP contribution in [-0.2, 0) is 22.0 Å². The molecule has 0 bridgehead atoms. The van der Waals surface area contributed by atoms with Crippen LogP contribution in [0.2, 0.25) is 0 Å². The molecule has 1 aromatic rings. The van der Waals surface area contributed by atoms with Crippen molar-refractivity contribution >= 4 is 22.7 Å². The molecule has 0 aliphatic carbocycles. The molecule has 1 atom stereocenters. The van der Waals surface area contributed by atoms with Gasteiger partial charge in [-0.3, -0.25) is 9.00 Å². The molecule has 0 saturated carbocycles. The Morgan fingerprint density at radius 3 is 2.29 bits per heavy atom. The average Bonchev–Trinajstić information content (AvgIpc) is 2.70. The molecule has 1 aliphatic rings. The second-order valence-electron chi connectivity index (χ2n) is 9.66. The van der Waals surface area contributed by atoms with Crippen molar-refractivity contribution < 1.29 is 18.5 Å². The molecule has 174 valence electrons. The van der Waals surface area contributed by atoms with Crippen molar-refractivity contribution in [1.29, 1.82) is 0 Å². The number of amides is 1. The molecular weight excluding hydrogens is 410 g/mol. The van der Waals surface area contributed by atoms with Crippen LogP contribution in [-0.4, -0.2) is 51.7 Å². The number of unbranched alkanes of at least 4 members (excludes halogenated alkanes) is 1.